The first-order chi connectivity index (χ1) is 15.1. The minimum atomic E-state index is -1.37. The van der Waals surface area contributed by atoms with Crippen molar-refractivity contribution < 1.29 is 28.3 Å². The number of benzene rings is 1. The Morgan fingerprint density at radius 1 is 1.09 bits per heavy atom. The minimum absolute atomic E-state index is 0.230. The summed E-state index contributed by atoms with van der Waals surface area (Å²) in [7, 11) is 0. The lowest BCUT2D eigenvalue weighted by Gasteiger charge is -2.25. The van der Waals surface area contributed by atoms with Crippen molar-refractivity contribution in [2.45, 2.75) is 32.7 Å². The number of rotatable bonds is 5. The third-order valence-corrected chi connectivity index (χ3v) is 5.64. The summed E-state index contributed by atoms with van der Waals surface area (Å²) in [4.78, 5) is 54.5. The predicted molar refractivity (Wildman–Crippen MR) is 113 cm³/mol. The van der Waals surface area contributed by atoms with Gasteiger partial charge in [-0.05, 0) is 37.0 Å². The molecular weight excluding hydrogens is 419 g/mol. The molecule has 3 rings (SSSR count). The van der Waals surface area contributed by atoms with Gasteiger partial charge in [0.2, 0.25) is 5.91 Å². The molecule has 1 aromatic rings. The maximum atomic E-state index is 13.3. The SMILES string of the molecule is CC(C)COC(=O)N1CCCN(C(=O)CN2C(=O)NC(C)(c3ccc(F)cc3)C2=O)CC1. The lowest BCUT2D eigenvalue weighted by molar-refractivity contribution is -0.138. The van der Waals surface area contributed by atoms with Crippen molar-refractivity contribution in [3.8, 4) is 0 Å². The van der Waals surface area contributed by atoms with Crippen molar-refractivity contribution in [3.05, 3.63) is 35.6 Å². The summed E-state index contributed by atoms with van der Waals surface area (Å²) in [6.45, 7) is 6.83. The smallest absolute Gasteiger partial charge is 0.409 e. The zero-order valence-corrected chi connectivity index (χ0v) is 18.6. The van der Waals surface area contributed by atoms with E-state index in [1.807, 2.05) is 13.8 Å². The highest BCUT2D eigenvalue weighted by molar-refractivity contribution is 6.09. The Balaban J connectivity index is 1.60. The number of amides is 5. The zero-order chi connectivity index (χ0) is 23.5. The molecule has 0 bridgehead atoms. The largest absolute Gasteiger partial charge is 0.449 e. The quantitative estimate of drug-likeness (QED) is 0.694. The summed E-state index contributed by atoms with van der Waals surface area (Å²) < 4.78 is 18.5. The van der Waals surface area contributed by atoms with Crippen molar-refractivity contribution in [2.75, 3.05) is 39.3 Å². The van der Waals surface area contributed by atoms with Gasteiger partial charge in [0.15, 0.2) is 0 Å². The minimum Gasteiger partial charge on any atom is -0.449 e. The highest BCUT2D eigenvalue weighted by Gasteiger charge is 2.49. The second-order valence-corrected chi connectivity index (χ2v) is 8.65. The molecule has 0 aromatic heterocycles. The Labute approximate surface area is 186 Å². The zero-order valence-electron chi connectivity index (χ0n) is 18.6. The molecule has 174 valence electrons. The summed E-state index contributed by atoms with van der Waals surface area (Å²) in [6, 6.07) is 4.61. The van der Waals surface area contributed by atoms with Gasteiger partial charge in [0.05, 0.1) is 6.61 Å². The van der Waals surface area contributed by atoms with Crippen molar-refractivity contribution >= 4 is 23.9 Å². The number of hydrogen-bond acceptors (Lipinski definition) is 5. The predicted octanol–water partition coefficient (Wildman–Crippen LogP) is 1.92. The van der Waals surface area contributed by atoms with Gasteiger partial charge in [-0.1, -0.05) is 26.0 Å². The van der Waals surface area contributed by atoms with Crippen molar-refractivity contribution in [2.24, 2.45) is 5.92 Å². The van der Waals surface area contributed by atoms with Gasteiger partial charge in [0.25, 0.3) is 5.91 Å². The van der Waals surface area contributed by atoms with Crippen LogP contribution in [0.3, 0.4) is 0 Å². The summed E-state index contributed by atoms with van der Waals surface area (Å²) in [6.07, 6.45) is 0.160. The van der Waals surface area contributed by atoms with Crippen LogP contribution >= 0.6 is 0 Å². The summed E-state index contributed by atoms with van der Waals surface area (Å²) in [5.74, 6) is -1.18. The van der Waals surface area contributed by atoms with E-state index in [0.29, 0.717) is 38.2 Å². The number of imide groups is 1. The van der Waals surface area contributed by atoms with E-state index in [1.54, 1.807) is 9.80 Å². The molecule has 0 radical (unpaired) electrons. The third kappa shape index (κ3) is 5.00. The molecule has 32 heavy (non-hydrogen) atoms. The third-order valence-electron chi connectivity index (χ3n) is 5.64. The Bertz CT molecular complexity index is 891. The fourth-order valence-electron chi connectivity index (χ4n) is 3.73. The van der Waals surface area contributed by atoms with Crippen LogP contribution in [0.4, 0.5) is 14.0 Å². The maximum Gasteiger partial charge on any atom is 0.409 e. The number of carbonyl (C=O) groups excluding carboxylic acids is 4. The van der Waals surface area contributed by atoms with Gasteiger partial charge in [-0.15, -0.1) is 0 Å². The van der Waals surface area contributed by atoms with Crippen LogP contribution in [0.2, 0.25) is 0 Å². The van der Waals surface area contributed by atoms with Gasteiger partial charge in [-0.3, -0.25) is 14.5 Å². The van der Waals surface area contributed by atoms with Crippen molar-refractivity contribution in [3.63, 3.8) is 0 Å². The van der Waals surface area contributed by atoms with Crippen molar-refractivity contribution in [1.82, 2.24) is 20.0 Å². The Hall–Kier alpha value is -3.17. The molecule has 2 saturated heterocycles. The molecule has 0 saturated carbocycles. The molecule has 1 unspecified atom stereocenters. The van der Waals surface area contributed by atoms with Crippen LogP contribution in [-0.4, -0.2) is 78.0 Å². The average Bonchev–Trinajstić information content (AvgIpc) is 2.93. The highest BCUT2D eigenvalue weighted by atomic mass is 19.1. The van der Waals surface area contributed by atoms with E-state index in [-0.39, 0.29) is 18.4 Å². The fraction of sp³-hybridized carbons (Fsp3) is 0.545. The monoisotopic (exact) mass is 448 g/mol. The Kier molecular flexibility index (Phi) is 7.00. The van der Waals surface area contributed by atoms with E-state index in [0.717, 1.165) is 4.90 Å². The van der Waals surface area contributed by atoms with Gasteiger partial charge in [0.1, 0.15) is 17.9 Å². The van der Waals surface area contributed by atoms with Crippen LogP contribution in [0, 0.1) is 11.7 Å². The second kappa shape index (κ2) is 9.54. The van der Waals surface area contributed by atoms with Crippen molar-refractivity contribution in [1.29, 1.82) is 0 Å². The average molecular weight is 448 g/mol. The number of nitrogens with one attached hydrogen (secondary N) is 1. The first-order valence-electron chi connectivity index (χ1n) is 10.7. The summed E-state index contributed by atoms with van der Waals surface area (Å²) in [5, 5.41) is 2.61. The second-order valence-electron chi connectivity index (χ2n) is 8.65. The molecule has 1 atom stereocenters. The maximum absolute atomic E-state index is 13.3. The molecule has 2 heterocycles. The molecule has 2 aliphatic heterocycles. The lowest BCUT2D eigenvalue weighted by Crippen LogP contribution is -2.45. The fourth-order valence-corrected chi connectivity index (χ4v) is 3.73. The van der Waals surface area contributed by atoms with E-state index in [1.165, 1.54) is 31.2 Å². The first-order valence-corrected chi connectivity index (χ1v) is 10.7. The molecule has 1 aromatic carbocycles. The summed E-state index contributed by atoms with van der Waals surface area (Å²) >= 11 is 0. The van der Waals surface area contributed by atoms with E-state index in [4.69, 9.17) is 4.74 Å². The van der Waals surface area contributed by atoms with Crippen LogP contribution in [0.25, 0.3) is 0 Å². The molecule has 10 heteroatoms. The number of nitrogens with zero attached hydrogens (tertiary/aromatic N) is 3. The Morgan fingerprint density at radius 2 is 1.72 bits per heavy atom. The van der Waals surface area contributed by atoms with Gasteiger partial charge in [0, 0.05) is 26.2 Å². The topological polar surface area (TPSA) is 99.3 Å². The molecular formula is C22H29FN4O5. The number of carbonyl (C=O) groups is 4. The Morgan fingerprint density at radius 3 is 2.38 bits per heavy atom. The van der Waals surface area contributed by atoms with Crippen LogP contribution in [0.5, 0.6) is 0 Å². The lowest BCUT2D eigenvalue weighted by atomic mass is 9.92. The number of halogens is 1. The molecule has 2 aliphatic rings. The summed E-state index contributed by atoms with van der Waals surface area (Å²) in [5.41, 5.74) is -0.946. The van der Waals surface area contributed by atoms with Crippen LogP contribution in [-0.2, 0) is 19.9 Å². The number of urea groups is 1. The van der Waals surface area contributed by atoms with Gasteiger partial charge < -0.3 is 19.9 Å². The molecule has 5 amide bonds. The first kappa shape index (κ1) is 23.5. The van der Waals surface area contributed by atoms with Crippen LogP contribution in [0.15, 0.2) is 24.3 Å². The number of ether oxygens (including phenoxy) is 1. The number of hydrogen-bond donors (Lipinski definition) is 1. The van der Waals surface area contributed by atoms with E-state index < -0.39 is 35.9 Å². The molecule has 0 spiro atoms. The van der Waals surface area contributed by atoms with Crippen LogP contribution in [0.1, 0.15) is 32.8 Å². The molecule has 9 nitrogen and oxygen atoms in total. The van der Waals surface area contributed by atoms with Gasteiger partial charge in [-0.2, -0.15) is 0 Å². The van der Waals surface area contributed by atoms with Gasteiger partial charge >= 0.3 is 12.1 Å². The normalized spacial score (nSPS) is 21.6. The van der Waals surface area contributed by atoms with E-state index >= 15 is 0 Å². The van der Waals surface area contributed by atoms with E-state index in [9.17, 15) is 23.6 Å². The molecule has 2 fully saturated rings. The van der Waals surface area contributed by atoms with E-state index in [2.05, 4.69) is 5.32 Å². The standard InChI is InChI=1S/C22H29FN4O5/c1-15(2)14-32-21(31)26-10-4-9-25(11-12-26)18(28)13-27-19(29)22(3,24-20(27)30)16-5-7-17(23)8-6-16/h5-8,15H,4,9-14H2,1-3H3,(H,24,30). The van der Waals surface area contributed by atoms with Gasteiger partial charge in [-0.25, -0.2) is 14.0 Å². The highest BCUT2D eigenvalue weighted by Crippen LogP contribution is 2.29. The molecule has 1 N–H and O–H groups in total. The van der Waals surface area contributed by atoms with Crippen LogP contribution < -0.4 is 5.32 Å². The molecule has 0 aliphatic carbocycles.